The maximum Gasteiger partial charge on any atom is 0.257 e. The molecule has 0 bridgehead atoms. The van der Waals surface area contributed by atoms with Crippen molar-refractivity contribution in [3.05, 3.63) is 100 Å². The van der Waals surface area contributed by atoms with Gasteiger partial charge in [-0.15, -0.1) is 0 Å². The summed E-state index contributed by atoms with van der Waals surface area (Å²) < 4.78 is 14.1. The summed E-state index contributed by atoms with van der Waals surface area (Å²) >= 11 is 3.36. The van der Waals surface area contributed by atoms with Gasteiger partial charge < -0.3 is 10.3 Å². The molecule has 0 aliphatic rings. The van der Waals surface area contributed by atoms with E-state index >= 15 is 0 Å². The molecule has 3 N–H and O–H groups in total. The van der Waals surface area contributed by atoms with E-state index < -0.39 is 0 Å². The lowest BCUT2D eigenvalue weighted by Crippen LogP contribution is -2.36. The van der Waals surface area contributed by atoms with Crippen molar-refractivity contribution in [2.45, 2.75) is 6.42 Å². The average Bonchev–Trinajstić information content (AvgIpc) is 3.19. The lowest BCUT2D eigenvalue weighted by Gasteiger charge is -2.12. The highest BCUT2D eigenvalue weighted by Crippen LogP contribution is 2.18. The predicted octanol–water partition coefficient (Wildman–Crippen LogP) is 5.51. The third-order valence-electron chi connectivity index (χ3n) is 4.77. The number of nitrogens with zero attached hydrogens (tertiary/aromatic N) is 1. The molecular weight excluding hydrogens is 459 g/mol. The number of aromatic amines is 1. The zero-order valence-corrected chi connectivity index (χ0v) is 18.1. The molecule has 31 heavy (non-hydrogen) atoms. The van der Waals surface area contributed by atoms with Gasteiger partial charge in [-0.3, -0.25) is 15.1 Å². The number of rotatable bonds is 5. The first kappa shape index (κ1) is 20.8. The molecule has 5 nitrogen and oxygen atoms in total. The van der Waals surface area contributed by atoms with E-state index in [2.05, 4.69) is 42.6 Å². The zero-order valence-electron chi connectivity index (χ0n) is 16.5. The van der Waals surface area contributed by atoms with Crippen molar-refractivity contribution < 1.29 is 9.18 Å². The lowest BCUT2D eigenvalue weighted by atomic mass is 10.1. The summed E-state index contributed by atoms with van der Waals surface area (Å²) in [5, 5.41) is 7.04. The number of halogens is 2. The number of amides is 1. The zero-order chi connectivity index (χ0) is 21.6. The number of hydrogen-bond donors (Lipinski definition) is 3. The second kappa shape index (κ2) is 9.57. The molecule has 0 aliphatic heterocycles. The van der Waals surface area contributed by atoms with Gasteiger partial charge in [0.25, 0.3) is 5.91 Å². The smallest absolute Gasteiger partial charge is 0.257 e. The number of carbonyl (C=O) groups excluding carboxylic acids is 1. The van der Waals surface area contributed by atoms with Gasteiger partial charge in [0, 0.05) is 39.4 Å². The first-order valence-corrected chi connectivity index (χ1v) is 10.6. The highest BCUT2D eigenvalue weighted by atomic mass is 79.9. The van der Waals surface area contributed by atoms with Gasteiger partial charge >= 0.3 is 0 Å². The highest BCUT2D eigenvalue weighted by Gasteiger charge is 2.10. The van der Waals surface area contributed by atoms with Crippen LogP contribution in [-0.2, 0) is 6.42 Å². The number of aliphatic imine (C=N–C) groups is 1. The number of aromatic nitrogens is 1. The molecule has 3 aromatic carbocycles. The number of H-pyrrole nitrogens is 1. The number of guanidine groups is 1. The van der Waals surface area contributed by atoms with E-state index in [1.54, 1.807) is 36.4 Å². The van der Waals surface area contributed by atoms with Crippen LogP contribution in [0.4, 0.5) is 10.1 Å². The summed E-state index contributed by atoms with van der Waals surface area (Å²) in [5.74, 6) is -0.311. The molecule has 0 unspecified atom stereocenters. The first-order valence-electron chi connectivity index (χ1n) is 9.77. The van der Waals surface area contributed by atoms with Crippen LogP contribution in [-0.4, -0.2) is 23.4 Å². The van der Waals surface area contributed by atoms with Gasteiger partial charge in [-0.2, -0.15) is 0 Å². The Balaban J connectivity index is 1.51. The van der Waals surface area contributed by atoms with Crippen molar-refractivity contribution >= 4 is 44.4 Å². The number of benzene rings is 3. The van der Waals surface area contributed by atoms with E-state index in [-0.39, 0.29) is 11.7 Å². The Kier molecular flexibility index (Phi) is 6.43. The monoisotopic (exact) mass is 478 g/mol. The third kappa shape index (κ3) is 5.38. The average molecular weight is 479 g/mol. The van der Waals surface area contributed by atoms with Crippen molar-refractivity contribution in [3.8, 4) is 0 Å². The number of anilines is 1. The molecule has 7 heteroatoms. The topological polar surface area (TPSA) is 69.3 Å². The fourth-order valence-electron chi connectivity index (χ4n) is 3.19. The second-order valence-electron chi connectivity index (χ2n) is 6.93. The van der Waals surface area contributed by atoms with Gasteiger partial charge in [-0.1, -0.05) is 34.1 Å². The number of fused-ring (bicyclic) bond motifs is 1. The molecule has 0 aliphatic carbocycles. The molecule has 4 aromatic rings. The number of carbonyl (C=O) groups is 1. The summed E-state index contributed by atoms with van der Waals surface area (Å²) in [6.07, 6.45) is 2.68. The third-order valence-corrected chi connectivity index (χ3v) is 5.30. The standard InChI is InChI=1S/C24H20BrFN4O/c25-18-7-5-16(6-8-18)23(31)30-24(29-20-11-9-19(26)10-12-20)27-14-13-17-15-28-22-4-2-1-3-21(17)22/h1-12,15,28H,13-14H2,(H2,27,29,30,31). The van der Waals surface area contributed by atoms with E-state index in [1.165, 1.54) is 12.1 Å². The van der Waals surface area contributed by atoms with E-state index in [0.29, 0.717) is 30.2 Å². The Bertz CT molecular complexity index is 1220. The van der Waals surface area contributed by atoms with Crippen LogP contribution >= 0.6 is 15.9 Å². The van der Waals surface area contributed by atoms with Crippen molar-refractivity contribution in [2.75, 3.05) is 11.9 Å². The minimum Gasteiger partial charge on any atom is -0.361 e. The normalized spacial score (nSPS) is 11.5. The molecular formula is C24H20BrFN4O. The molecule has 0 atom stereocenters. The van der Waals surface area contributed by atoms with Gasteiger partial charge in [0.1, 0.15) is 5.82 Å². The molecule has 1 aromatic heterocycles. The Morgan fingerprint density at radius 3 is 2.52 bits per heavy atom. The Morgan fingerprint density at radius 1 is 1.00 bits per heavy atom. The SMILES string of the molecule is O=C(NC(=NCCc1c[nH]c2ccccc12)Nc1ccc(F)cc1)c1ccc(Br)cc1. The molecule has 0 radical (unpaired) electrons. The number of hydrogen-bond acceptors (Lipinski definition) is 2. The molecule has 0 fully saturated rings. The summed E-state index contributed by atoms with van der Waals surface area (Å²) in [5.41, 5.74) is 3.37. The Hall–Kier alpha value is -3.45. The van der Waals surface area contributed by atoms with Crippen LogP contribution < -0.4 is 10.6 Å². The van der Waals surface area contributed by atoms with Crippen LogP contribution in [0.5, 0.6) is 0 Å². The van der Waals surface area contributed by atoms with Crippen LogP contribution in [0, 0.1) is 5.82 Å². The number of nitrogens with one attached hydrogen (secondary N) is 3. The van der Waals surface area contributed by atoms with Gasteiger partial charge in [-0.25, -0.2) is 4.39 Å². The molecule has 4 rings (SSSR count). The molecule has 0 saturated heterocycles. The lowest BCUT2D eigenvalue weighted by molar-refractivity contribution is 0.0977. The summed E-state index contributed by atoms with van der Waals surface area (Å²) in [6.45, 7) is 0.464. The number of para-hydroxylation sites is 1. The first-order chi connectivity index (χ1) is 15.1. The largest absolute Gasteiger partial charge is 0.361 e. The summed E-state index contributed by atoms with van der Waals surface area (Å²) in [4.78, 5) is 20.5. The van der Waals surface area contributed by atoms with Crippen LogP contribution in [0.1, 0.15) is 15.9 Å². The fourth-order valence-corrected chi connectivity index (χ4v) is 3.45. The minimum atomic E-state index is -0.331. The van der Waals surface area contributed by atoms with Crippen molar-refractivity contribution in [1.82, 2.24) is 10.3 Å². The molecule has 1 heterocycles. The maximum absolute atomic E-state index is 13.2. The fraction of sp³-hybridized carbons (Fsp3) is 0.0833. The van der Waals surface area contributed by atoms with Crippen molar-refractivity contribution in [2.24, 2.45) is 4.99 Å². The minimum absolute atomic E-state index is 0.284. The predicted molar refractivity (Wildman–Crippen MR) is 126 cm³/mol. The van der Waals surface area contributed by atoms with Crippen LogP contribution in [0.3, 0.4) is 0 Å². The van der Waals surface area contributed by atoms with Crippen LogP contribution in [0.25, 0.3) is 10.9 Å². The Morgan fingerprint density at radius 2 is 1.74 bits per heavy atom. The maximum atomic E-state index is 13.2. The summed E-state index contributed by atoms with van der Waals surface area (Å²) in [7, 11) is 0. The summed E-state index contributed by atoms with van der Waals surface area (Å²) in [6, 6.07) is 21.0. The van der Waals surface area contributed by atoms with Gasteiger partial charge in [-0.05, 0) is 66.6 Å². The highest BCUT2D eigenvalue weighted by molar-refractivity contribution is 9.10. The van der Waals surface area contributed by atoms with Gasteiger partial charge in [0.15, 0.2) is 0 Å². The molecule has 0 spiro atoms. The van der Waals surface area contributed by atoms with Crippen LogP contribution in [0.2, 0.25) is 0 Å². The van der Waals surface area contributed by atoms with Gasteiger partial charge in [0.2, 0.25) is 5.96 Å². The molecule has 0 saturated carbocycles. The van der Waals surface area contributed by atoms with E-state index in [4.69, 9.17) is 0 Å². The van der Waals surface area contributed by atoms with Crippen LogP contribution in [0.15, 0.2) is 88.5 Å². The second-order valence-corrected chi connectivity index (χ2v) is 7.85. The van der Waals surface area contributed by atoms with E-state index in [1.807, 2.05) is 24.4 Å². The van der Waals surface area contributed by atoms with Gasteiger partial charge in [0.05, 0.1) is 0 Å². The quantitative estimate of drug-likeness (QED) is 0.261. The molecule has 156 valence electrons. The molecule has 1 amide bonds. The van der Waals surface area contributed by atoms with E-state index in [9.17, 15) is 9.18 Å². The van der Waals surface area contributed by atoms with E-state index in [0.717, 1.165) is 20.9 Å². The Labute approximate surface area is 187 Å². The van der Waals surface area contributed by atoms with Crippen molar-refractivity contribution in [3.63, 3.8) is 0 Å². The van der Waals surface area contributed by atoms with Crippen molar-refractivity contribution in [1.29, 1.82) is 0 Å².